The largest absolute Gasteiger partial charge is 0.381 e. The minimum Gasteiger partial charge on any atom is -0.381 e. The smallest absolute Gasteiger partial charge is 0.157 e. The van der Waals surface area contributed by atoms with E-state index in [4.69, 9.17) is 9.73 Å². The highest BCUT2D eigenvalue weighted by Crippen LogP contribution is 2.39. The summed E-state index contributed by atoms with van der Waals surface area (Å²) in [6.45, 7) is 6.53. The van der Waals surface area contributed by atoms with Gasteiger partial charge in [0.05, 0.1) is 11.6 Å². The maximum atomic E-state index is 5.46. The second-order valence-electron chi connectivity index (χ2n) is 6.80. The van der Waals surface area contributed by atoms with Crippen LogP contribution in [-0.4, -0.2) is 35.7 Å². The molecule has 3 rings (SSSR count). The van der Waals surface area contributed by atoms with Crippen LogP contribution in [0.4, 0.5) is 0 Å². The Kier molecular flexibility index (Phi) is 3.35. The summed E-state index contributed by atoms with van der Waals surface area (Å²) in [5, 5.41) is 4.89. The lowest BCUT2D eigenvalue weighted by Crippen LogP contribution is -2.48. The highest BCUT2D eigenvalue weighted by molar-refractivity contribution is 8.14. The zero-order chi connectivity index (χ0) is 12.6. The van der Waals surface area contributed by atoms with E-state index in [9.17, 15) is 0 Å². The van der Waals surface area contributed by atoms with Crippen LogP contribution in [0.15, 0.2) is 4.99 Å². The summed E-state index contributed by atoms with van der Waals surface area (Å²) in [6.07, 6.45) is 6.09. The minimum absolute atomic E-state index is 0.288. The molecule has 102 valence electrons. The topological polar surface area (TPSA) is 33.6 Å². The van der Waals surface area contributed by atoms with Crippen LogP contribution in [0.2, 0.25) is 0 Å². The van der Waals surface area contributed by atoms with Crippen LogP contribution in [0.25, 0.3) is 0 Å². The van der Waals surface area contributed by atoms with Crippen molar-refractivity contribution in [2.75, 3.05) is 19.0 Å². The molecule has 2 aliphatic heterocycles. The highest BCUT2D eigenvalue weighted by atomic mass is 32.2. The number of nitrogens with one attached hydrogen (secondary N) is 1. The predicted octanol–water partition coefficient (Wildman–Crippen LogP) is 2.81. The van der Waals surface area contributed by atoms with Crippen LogP contribution >= 0.6 is 11.8 Å². The van der Waals surface area contributed by atoms with Gasteiger partial charge in [-0.1, -0.05) is 25.6 Å². The van der Waals surface area contributed by atoms with Gasteiger partial charge in [-0.15, -0.1) is 0 Å². The molecule has 0 aromatic heterocycles. The Morgan fingerprint density at radius 3 is 2.72 bits per heavy atom. The first-order valence-corrected chi connectivity index (χ1v) is 8.12. The predicted molar refractivity (Wildman–Crippen MR) is 77.2 cm³/mol. The Morgan fingerprint density at radius 1 is 1.28 bits per heavy atom. The van der Waals surface area contributed by atoms with Gasteiger partial charge in [0.15, 0.2) is 5.17 Å². The monoisotopic (exact) mass is 268 g/mol. The van der Waals surface area contributed by atoms with Gasteiger partial charge < -0.3 is 10.1 Å². The molecule has 3 nitrogen and oxygen atoms in total. The van der Waals surface area contributed by atoms with Gasteiger partial charge in [-0.2, -0.15) is 0 Å². The lowest BCUT2D eigenvalue weighted by Gasteiger charge is -2.32. The zero-order valence-corrected chi connectivity index (χ0v) is 12.3. The summed E-state index contributed by atoms with van der Waals surface area (Å²) in [6, 6.07) is 0.546. The van der Waals surface area contributed by atoms with Crippen molar-refractivity contribution in [2.45, 2.75) is 57.5 Å². The third-order valence-corrected chi connectivity index (χ3v) is 5.73. The van der Waals surface area contributed by atoms with E-state index in [-0.39, 0.29) is 5.54 Å². The minimum atomic E-state index is 0.288. The van der Waals surface area contributed by atoms with Gasteiger partial charge in [0.2, 0.25) is 0 Å². The SMILES string of the molecule is CC1(C)CCC(N=C2NC3(CCOCC3)CS2)C1. The van der Waals surface area contributed by atoms with Crippen molar-refractivity contribution in [1.29, 1.82) is 0 Å². The lowest BCUT2D eigenvalue weighted by molar-refractivity contribution is 0.0555. The molecule has 1 saturated carbocycles. The van der Waals surface area contributed by atoms with Crippen LogP contribution < -0.4 is 5.32 Å². The lowest BCUT2D eigenvalue weighted by atomic mass is 9.92. The Morgan fingerprint density at radius 2 is 2.06 bits per heavy atom. The van der Waals surface area contributed by atoms with Crippen LogP contribution in [0, 0.1) is 5.41 Å². The molecule has 1 N–H and O–H groups in total. The van der Waals surface area contributed by atoms with Gasteiger partial charge in [-0.25, -0.2) is 0 Å². The molecule has 1 unspecified atom stereocenters. The fraction of sp³-hybridized carbons (Fsp3) is 0.929. The van der Waals surface area contributed by atoms with E-state index >= 15 is 0 Å². The summed E-state index contributed by atoms with van der Waals surface area (Å²) in [5.74, 6) is 1.17. The van der Waals surface area contributed by atoms with Gasteiger partial charge in [0.25, 0.3) is 0 Å². The summed E-state index contributed by atoms with van der Waals surface area (Å²) in [4.78, 5) is 4.95. The molecule has 1 atom stereocenters. The molecule has 0 bridgehead atoms. The standard InChI is InChI=1S/C14H24N2OS/c1-13(2)4-3-11(9-13)15-12-16-14(10-18-12)5-7-17-8-6-14/h11H,3-10H2,1-2H3,(H,15,16). The molecule has 2 heterocycles. The molecule has 0 amide bonds. The Hall–Kier alpha value is -0.220. The van der Waals surface area contributed by atoms with Gasteiger partial charge in [0.1, 0.15) is 0 Å². The third kappa shape index (κ3) is 2.69. The Labute approximate surface area is 114 Å². The van der Waals surface area contributed by atoms with Crippen LogP contribution in [0.5, 0.6) is 0 Å². The number of thioether (sulfide) groups is 1. The molecule has 3 fully saturated rings. The molecule has 4 heteroatoms. The van der Waals surface area contributed by atoms with E-state index in [0.29, 0.717) is 11.5 Å². The molecule has 1 spiro atoms. The van der Waals surface area contributed by atoms with Crippen molar-refractivity contribution >= 4 is 16.9 Å². The highest BCUT2D eigenvalue weighted by Gasteiger charge is 2.39. The number of hydrogen-bond donors (Lipinski definition) is 1. The van der Waals surface area contributed by atoms with Crippen molar-refractivity contribution in [3.05, 3.63) is 0 Å². The molecule has 2 saturated heterocycles. The fourth-order valence-electron chi connectivity index (χ4n) is 3.28. The molecule has 3 aliphatic rings. The molecule has 1 aliphatic carbocycles. The second-order valence-corrected chi connectivity index (χ2v) is 7.77. The van der Waals surface area contributed by atoms with E-state index in [0.717, 1.165) is 26.1 Å². The van der Waals surface area contributed by atoms with Crippen LogP contribution in [-0.2, 0) is 4.74 Å². The van der Waals surface area contributed by atoms with Crippen molar-refractivity contribution < 1.29 is 4.74 Å². The normalized spacial score (nSPS) is 36.1. The first kappa shape index (κ1) is 12.8. The molecule has 0 aromatic carbocycles. The zero-order valence-electron chi connectivity index (χ0n) is 11.5. The molecular weight excluding hydrogens is 244 g/mol. The molecule has 0 radical (unpaired) electrons. The van der Waals surface area contributed by atoms with Gasteiger partial charge >= 0.3 is 0 Å². The van der Waals surface area contributed by atoms with Gasteiger partial charge in [0, 0.05) is 19.0 Å². The van der Waals surface area contributed by atoms with Crippen molar-refractivity contribution in [1.82, 2.24) is 5.32 Å². The van der Waals surface area contributed by atoms with Crippen LogP contribution in [0.3, 0.4) is 0 Å². The summed E-state index contributed by atoms with van der Waals surface area (Å²) >= 11 is 1.92. The molecule has 18 heavy (non-hydrogen) atoms. The van der Waals surface area contributed by atoms with E-state index in [2.05, 4.69) is 19.2 Å². The van der Waals surface area contributed by atoms with E-state index in [1.165, 1.54) is 30.2 Å². The van der Waals surface area contributed by atoms with Crippen molar-refractivity contribution in [2.24, 2.45) is 10.4 Å². The molecular formula is C14H24N2OS. The second kappa shape index (κ2) is 4.71. The maximum Gasteiger partial charge on any atom is 0.157 e. The molecule has 0 aromatic rings. The van der Waals surface area contributed by atoms with E-state index < -0.39 is 0 Å². The Balaban J connectivity index is 1.61. The van der Waals surface area contributed by atoms with Crippen LogP contribution in [0.1, 0.15) is 46.0 Å². The number of aliphatic imine (C=N–C) groups is 1. The number of rotatable bonds is 1. The summed E-state index contributed by atoms with van der Waals surface area (Å²) in [7, 11) is 0. The Bertz CT molecular complexity index is 348. The van der Waals surface area contributed by atoms with Crippen molar-refractivity contribution in [3.63, 3.8) is 0 Å². The number of nitrogens with zero attached hydrogens (tertiary/aromatic N) is 1. The maximum absolute atomic E-state index is 5.46. The van der Waals surface area contributed by atoms with Crippen molar-refractivity contribution in [3.8, 4) is 0 Å². The average Bonchev–Trinajstić information content (AvgIpc) is 2.85. The number of ether oxygens (including phenoxy) is 1. The fourth-order valence-corrected chi connectivity index (χ4v) is 4.57. The number of hydrogen-bond acceptors (Lipinski definition) is 3. The van der Waals surface area contributed by atoms with Gasteiger partial charge in [-0.05, 0) is 37.5 Å². The first-order valence-electron chi connectivity index (χ1n) is 7.14. The number of amidine groups is 1. The third-order valence-electron chi connectivity index (χ3n) is 4.55. The first-order chi connectivity index (χ1) is 8.57. The van der Waals surface area contributed by atoms with E-state index in [1.807, 2.05) is 11.8 Å². The van der Waals surface area contributed by atoms with E-state index in [1.54, 1.807) is 0 Å². The summed E-state index contributed by atoms with van der Waals surface area (Å²) < 4.78 is 5.46. The summed E-state index contributed by atoms with van der Waals surface area (Å²) in [5.41, 5.74) is 0.782. The van der Waals surface area contributed by atoms with Gasteiger partial charge in [-0.3, -0.25) is 4.99 Å². The average molecular weight is 268 g/mol. The quantitative estimate of drug-likeness (QED) is 0.794.